The van der Waals surface area contributed by atoms with Gasteiger partial charge in [0.2, 0.25) is 5.82 Å². The van der Waals surface area contributed by atoms with Gasteiger partial charge >= 0.3 is 6.09 Å². The normalized spacial score (nSPS) is 26.4. The van der Waals surface area contributed by atoms with Crippen molar-refractivity contribution in [3.63, 3.8) is 0 Å². The highest BCUT2D eigenvalue weighted by Crippen LogP contribution is 2.40. The summed E-state index contributed by atoms with van der Waals surface area (Å²) in [5, 5.41) is 20.1. The van der Waals surface area contributed by atoms with Crippen LogP contribution in [0.5, 0.6) is 0 Å². The van der Waals surface area contributed by atoms with Crippen LogP contribution in [0.15, 0.2) is 42.7 Å². The Kier molecular flexibility index (Phi) is 4.94. The van der Waals surface area contributed by atoms with E-state index in [1.807, 2.05) is 36.4 Å². The maximum absolute atomic E-state index is 12.7. The van der Waals surface area contributed by atoms with E-state index >= 15 is 0 Å². The number of hydrogen-bond acceptors (Lipinski definition) is 7. The molecule has 1 aromatic carbocycles. The lowest BCUT2D eigenvalue weighted by Crippen LogP contribution is -2.62. The van der Waals surface area contributed by atoms with Gasteiger partial charge in [-0.15, -0.1) is 0 Å². The van der Waals surface area contributed by atoms with E-state index in [0.29, 0.717) is 31.6 Å². The Morgan fingerprint density at radius 1 is 1.25 bits per heavy atom. The molecule has 2 bridgehead atoms. The van der Waals surface area contributed by atoms with E-state index in [1.165, 1.54) is 12.4 Å². The highest BCUT2D eigenvalue weighted by atomic mass is 16.6. The Balaban J connectivity index is 1.48. The Morgan fingerprint density at radius 2 is 1.89 bits per heavy atom. The molecule has 2 unspecified atom stereocenters. The number of ether oxygens (including phenoxy) is 2. The van der Waals surface area contributed by atoms with Crippen molar-refractivity contribution in [3.8, 4) is 6.07 Å². The van der Waals surface area contributed by atoms with Crippen LogP contribution in [0.4, 0.5) is 4.79 Å². The van der Waals surface area contributed by atoms with Crippen LogP contribution >= 0.6 is 0 Å². The van der Waals surface area contributed by atoms with Gasteiger partial charge in [-0.1, -0.05) is 30.3 Å². The first-order chi connectivity index (χ1) is 13.6. The fourth-order valence-electron chi connectivity index (χ4n) is 3.93. The van der Waals surface area contributed by atoms with Gasteiger partial charge in [-0.2, -0.15) is 5.26 Å². The number of amides is 1. The van der Waals surface area contributed by atoms with Gasteiger partial charge in [0, 0.05) is 30.8 Å². The minimum atomic E-state index is -1.18. The van der Waals surface area contributed by atoms with Crippen LogP contribution in [0.3, 0.4) is 0 Å². The summed E-state index contributed by atoms with van der Waals surface area (Å²) < 4.78 is 11.1. The lowest BCUT2D eigenvalue weighted by atomic mass is 9.78. The van der Waals surface area contributed by atoms with Crippen LogP contribution in [0.25, 0.3) is 0 Å². The molecule has 0 aliphatic carbocycles. The third kappa shape index (κ3) is 3.54. The van der Waals surface area contributed by atoms with Gasteiger partial charge in [-0.25, -0.2) is 14.8 Å². The van der Waals surface area contributed by atoms with Crippen LogP contribution in [0.1, 0.15) is 29.8 Å². The molecule has 8 nitrogen and oxygen atoms in total. The predicted octanol–water partition coefficient (Wildman–Crippen LogP) is 1.74. The second-order valence-corrected chi connectivity index (χ2v) is 7.14. The second kappa shape index (κ2) is 7.54. The molecule has 144 valence electrons. The third-order valence-corrected chi connectivity index (χ3v) is 5.26. The van der Waals surface area contributed by atoms with Crippen LogP contribution in [0.2, 0.25) is 0 Å². The first-order valence-corrected chi connectivity index (χ1v) is 9.11. The number of morpholine rings is 1. The SMILES string of the molecule is N#Cc1ncc(C2(O)CC3COCC(C2)N3C(=O)OCc2ccccc2)cn1. The first kappa shape index (κ1) is 18.3. The van der Waals surface area contributed by atoms with Crippen molar-refractivity contribution in [3.05, 3.63) is 59.7 Å². The molecule has 28 heavy (non-hydrogen) atoms. The highest BCUT2D eigenvalue weighted by molar-refractivity contribution is 5.69. The average Bonchev–Trinajstić information content (AvgIpc) is 2.72. The van der Waals surface area contributed by atoms with Crippen LogP contribution in [0, 0.1) is 11.3 Å². The Labute approximate surface area is 162 Å². The third-order valence-electron chi connectivity index (χ3n) is 5.26. The van der Waals surface area contributed by atoms with Crippen molar-refractivity contribution in [2.45, 2.75) is 37.1 Å². The molecule has 2 aliphatic rings. The van der Waals surface area contributed by atoms with Gasteiger partial charge in [-0.05, 0) is 5.56 Å². The number of carbonyl (C=O) groups is 1. The number of nitrogens with zero attached hydrogens (tertiary/aromatic N) is 4. The van der Waals surface area contributed by atoms with Crippen molar-refractivity contribution in [2.24, 2.45) is 0 Å². The summed E-state index contributed by atoms with van der Waals surface area (Å²) in [5.74, 6) is 0.0535. The molecule has 0 radical (unpaired) electrons. The molecule has 2 aromatic rings. The molecule has 1 amide bonds. The molecule has 2 saturated heterocycles. The summed E-state index contributed by atoms with van der Waals surface area (Å²) in [6, 6.07) is 10.7. The average molecular weight is 380 g/mol. The smallest absolute Gasteiger partial charge is 0.410 e. The number of nitriles is 1. The van der Waals surface area contributed by atoms with Crippen molar-refractivity contribution in [2.75, 3.05) is 13.2 Å². The molecule has 2 fully saturated rings. The number of aromatic nitrogens is 2. The number of benzene rings is 1. The zero-order valence-electron chi connectivity index (χ0n) is 15.2. The Bertz CT molecular complexity index is 867. The first-order valence-electron chi connectivity index (χ1n) is 9.11. The molecule has 4 rings (SSSR count). The zero-order chi connectivity index (χ0) is 19.6. The topological polar surface area (TPSA) is 109 Å². The molecule has 2 aliphatic heterocycles. The maximum atomic E-state index is 12.7. The Morgan fingerprint density at radius 3 is 2.50 bits per heavy atom. The quantitative estimate of drug-likeness (QED) is 0.864. The highest BCUT2D eigenvalue weighted by Gasteiger charge is 2.49. The molecular weight excluding hydrogens is 360 g/mol. The molecule has 1 aromatic heterocycles. The van der Waals surface area contributed by atoms with Gasteiger partial charge in [0.05, 0.1) is 30.9 Å². The van der Waals surface area contributed by atoms with E-state index in [4.69, 9.17) is 14.7 Å². The summed E-state index contributed by atoms with van der Waals surface area (Å²) >= 11 is 0. The van der Waals surface area contributed by atoms with Gasteiger partial charge in [0.25, 0.3) is 0 Å². The van der Waals surface area contributed by atoms with Gasteiger partial charge < -0.3 is 14.6 Å². The summed E-state index contributed by atoms with van der Waals surface area (Å²) in [6.07, 6.45) is 3.13. The largest absolute Gasteiger partial charge is 0.445 e. The van der Waals surface area contributed by atoms with Crippen molar-refractivity contribution in [1.82, 2.24) is 14.9 Å². The summed E-state index contributed by atoms with van der Waals surface area (Å²) in [4.78, 5) is 22.3. The maximum Gasteiger partial charge on any atom is 0.410 e. The fraction of sp³-hybridized carbons (Fsp3) is 0.400. The Hall–Kier alpha value is -3.02. The van der Waals surface area contributed by atoms with Gasteiger partial charge in [0.15, 0.2) is 0 Å². The minimum absolute atomic E-state index is 0.0535. The molecular formula is C20H20N4O4. The molecule has 0 saturated carbocycles. The van der Waals surface area contributed by atoms with E-state index in [-0.39, 0.29) is 24.5 Å². The molecule has 1 N–H and O–H groups in total. The second-order valence-electron chi connectivity index (χ2n) is 7.14. The van der Waals surface area contributed by atoms with Gasteiger partial charge in [0.1, 0.15) is 12.7 Å². The van der Waals surface area contributed by atoms with E-state index in [9.17, 15) is 9.90 Å². The zero-order valence-corrected chi connectivity index (χ0v) is 15.2. The number of piperidine rings is 1. The number of aliphatic hydroxyl groups is 1. The lowest BCUT2D eigenvalue weighted by Gasteiger charge is -2.50. The number of carbonyl (C=O) groups excluding carboxylic acids is 1. The number of rotatable bonds is 3. The monoisotopic (exact) mass is 380 g/mol. The van der Waals surface area contributed by atoms with Crippen molar-refractivity contribution in [1.29, 1.82) is 5.26 Å². The van der Waals surface area contributed by atoms with Crippen LogP contribution in [-0.4, -0.2) is 51.4 Å². The van der Waals surface area contributed by atoms with E-state index in [0.717, 1.165) is 5.56 Å². The summed E-state index contributed by atoms with van der Waals surface area (Å²) in [7, 11) is 0. The van der Waals surface area contributed by atoms with Crippen LogP contribution in [-0.2, 0) is 21.7 Å². The van der Waals surface area contributed by atoms with E-state index in [2.05, 4.69) is 9.97 Å². The lowest BCUT2D eigenvalue weighted by molar-refractivity contribution is -0.137. The predicted molar refractivity (Wildman–Crippen MR) is 96.7 cm³/mol. The number of fused-ring (bicyclic) bond motifs is 2. The van der Waals surface area contributed by atoms with Gasteiger partial charge in [-0.3, -0.25) is 4.90 Å². The van der Waals surface area contributed by atoms with Crippen LogP contribution < -0.4 is 0 Å². The van der Waals surface area contributed by atoms with Crippen molar-refractivity contribution < 1.29 is 19.4 Å². The standard InChI is InChI=1S/C20H20N4O4/c21-8-18-22-9-15(10-23-18)20(26)6-16-12-27-13-17(7-20)24(16)19(25)28-11-14-4-2-1-3-5-14/h1-5,9-10,16-17,26H,6-7,11-13H2. The summed E-state index contributed by atoms with van der Waals surface area (Å²) in [6.45, 7) is 0.858. The number of hydrogen-bond donors (Lipinski definition) is 1. The van der Waals surface area contributed by atoms with Crippen molar-refractivity contribution >= 4 is 6.09 Å². The molecule has 3 heterocycles. The summed E-state index contributed by atoms with van der Waals surface area (Å²) in [5.41, 5.74) is 0.282. The van der Waals surface area contributed by atoms with E-state index in [1.54, 1.807) is 4.90 Å². The minimum Gasteiger partial charge on any atom is -0.445 e. The van der Waals surface area contributed by atoms with E-state index < -0.39 is 11.7 Å². The molecule has 0 spiro atoms. The fourth-order valence-corrected chi connectivity index (χ4v) is 3.93. The molecule has 8 heteroatoms. The molecule has 2 atom stereocenters.